The number of ether oxygens (including phenoxy) is 1. The van der Waals surface area contributed by atoms with Gasteiger partial charge in [-0.3, -0.25) is 4.79 Å². The van der Waals surface area contributed by atoms with E-state index in [-0.39, 0.29) is 22.9 Å². The first-order valence-electron chi connectivity index (χ1n) is 13.9. The molecule has 32 heavy (non-hydrogen) atoms. The maximum atomic E-state index is 12.1. The summed E-state index contributed by atoms with van der Waals surface area (Å²) in [6.45, 7) is 14.0. The van der Waals surface area contributed by atoms with Crippen LogP contribution in [0.15, 0.2) is 0 Å². The lowest BCUT2D eigenvalue weighted by atomic mass is 9.44. The van der Waals surface area contributed by atoms with Crippen LogP contribution in [0.1, 0.15) is 112 Å². The molecular formula is C29H49ClO2. The van der Waals surface area contributed by atoms with Crippen LogP contribution in [0.25, 0.3) is 0 Å². The van der Waals surface area contributed by atoms with Gasteiger partial charge in [0.25, 0.3) is 0 Å². The van der Waals surface area contributed by atoms with Gasteiger partial charge in [-0.2, -0.15) is 0 Å². The van der Waals surface area contributed by atoms with Crippen LogP contribution in [-0.4, -0.2) is 17.5 Å². The smallest absolute Gasteiger partial charge is 0.302 e. The fourth-order valence-electron chi connectivity index (χ4n) is 9.59. The van der Waals surface area contributed by atoms with Gasteiger partial charge in [0, 0.05) is 18.2 Å². The fourth-order valence-corrected chi connectivity index (χ4v) is 9.89. The Bertz CT molecular complexity index is 676. The summed E-state index contributed by atoms with van der Waals surface area (Å²) in [5, 5.41) is 0.249. The second kappa shape index (κ2) is 9.43. The van der Waals surface area contributed by atoms with Gasteiger partial charge in [-0.1, -0.05) is 53.9 Å². The third-order valence-corrected chi connectivity index (χ3v) is 11.5. The quantitative estimate of drug-likeness (QED) is 0.292. The van der Waals surface area contributed by atoms with E-state index in [1.165, 1.54) is 51.4 Å². The molecule has 4 fully saturated rings. The molecule has 4 rings (SSSR count). The maximum Gasteiger partial charge on any atom is 0.302 e. The Morgan fingerprint density at radius 2 is 1.62 bits per heavy atom. The Morgan fingerprint density at radius 1 is 0.938 bits per heavy atom. The number of alkyl halides is 1. The van der Waals surface area contributed by atoms with Crippen molar-refractivity contribution in [2.24, 2.45) is 52.3 Å². The zero-order valence-corrected chi connectivity index (χ0v) is 22.4. The largest absolute Gasteiger partial charge is 0.462 e. The van der Waals surface area contributed by atoms with Crippen LogP contribution in [0.3, 0.4) is 0 Å². The van der Waals surface area contributed by atoms with E-state index in [1.54, 1.807) is 6.92 Å². The fraction of sp³-hybridized carbons (Fsp3) is 0.966. The number of fused-ring (bicyclic) bond motifs is 5. The van der Waals surface area contributed by atoms with E-state index in [9.17, 15) is 4.79 Å². The summed E-state index contributed by atoms with van der Waals surface area (Å²) in [7, 11) is 0. The molecule has 0 aromatic rings. The minimum absolute atomic E-state index is 0.0742. The molecule has 3 heteroatoms. The van der Waals surface area contributed by atoms with Crippen LogP contribution in [-0.2, 0) is 9.53 Å². The third-order valence-electron chi connectivity index (χ3n) is 11.1. The van der Waals surface area contributed by atoms with Gasteiger partial charge in [-0.05, 0) is 97.7 Å². The van der Waals surface area contributed by atoms with E-state index >= 15 is 0 Å². The Hall–Kier alpha value is -0.240. The Kier molecular flexibility index (Phi) is 7.33. The number of hydrogen-bond acceptors (Lipinski definition) is 2. The first-order valence-corrected chi connectivity index (χ1v) is 14.3. The highest BCUT2D eigenvalue weighted by atomic mass is 35.5. The Balaban J connectivity index is 1.55. The number of carbonyl (C=O) groups excluding carboxylic acids is 1. The van der Waals surface area contributed by atoms with Crippen LogP contribution in [0, 0.1) is 52.3 Å². The summed E-state index contributed by atoms with van der Waals surface area (Å²) in [6.07, 6.45) is 14.3. The van der Waals surface area contributed by atoms with Gasteiger partial charge in [0.15, 0.2) is 0 Å². The predicted octanol–water partition coefficient (Wildman–Crippen LogP) is 8.26. The lowest BCUT2D eigenvalue weighted by Gasteiger charge is -2.62. The van der Waals surface area contributed by atoms with Crippen LogP contribution < -0.4 is 0 Å². The second-order valence-corrected chi connectivity index (χ2v) is 13.9. The van der Waals surface area contributed by atoms with E-state index < -0.39 is 0 Å². The first-order chi connectivity index (χ1) is 15.1. The number of halogens is 1. The van der Waals surface area contributed by atoms with Crippen molar-refractivity contribution in [3.05, 3.63) is 0 Å². The number of hydrogen-bond donors (Lipinski definition) is 0. The van der Waals surface area contributed by atoms with Gasteiger partial charge in [0.1, 0.15) is 6.10 Å². The summed E-state index contributed by atoms with van der Waals surface area (Å²) in [5.74, 6) is 5.19. The average molecular weight is 465 g/mol. The standard InChI is InChI=1S/C29H49ClO2/c1-18(2)8-7-9-19(3)23-10-11-24-22-17-27(32-20(4)31)26-16-21(30)12-14-29(26,6)25(22)13-15-28(23,24)5/h18-19,21-27H,7-17H2,1-6H3/t19-,21+,22+,23-,24+,25+,26-,27+,28-,29-/m1/s1. The van der Waals surface area contributed by atoms with E-state index in [2.05, 4.69) is 34.6 Å². The van der Waals surface area contributed by atoms with Gasteiger partial charge >= 0.3 is 5.97 Å². The molecule has 4 saturated carbocycles. The molecule has 184 valence electrons. The van der Waals surface area contributed by atoms with E-state index in [4.69, 9.17) is 16.3 Å². The van der Waals surface area contributed by atoms with Crippen LogP contribution in [0.5, 0.6) is 0 Å². The minimum atomic E-state index is -0.103. The molecule has 10 atom stereocenters. The zero-order chi connectivity index (χ0) is 23.3. The van der Waals surface area contributed by atoms with Crippen molar-refractivity contribution >= 4 is 17.6 Å². The molecule has 0 unspecified atom stereocenters. The molecule has 4 aliphatic carbocycles. The average Bonchev–Trinajstić information content (AvgIpc) is 3.06. The molecule has 0 aliphatic heterocycles. The monoisotopic (exact) mass is 464 g/mol. The van der Waals surface area contributed by atoms with Crippen molar-refractivity contribution in [1.29, 1.82) is 0 Å². The molecule has 0 bridgehead atoms. The predicted molar refractivity (Wildman–Crippen MR) is 134 cm³/mol. The number of carbonyl (C=O) groups is 1. The Morgan fingerprint density at radius 3 is 2.31 bits per heavy atom. The molecule has 0 aromatic carbocycles. The molecule has 4 aliphatic rings. The highest BCUT2D eigenvalue weighted by Crippen LogP contribution is 2.68. The lowest BCUT2D eigenvalue weighted by Crippen LogP contribution is -2.58. The topological polar surface area (TPSA) is 26.3 Å². The first kappa shape index (κ1) is 24.9. The molecule has 0 saturated heterocycles. The molecule has 0 N–H and O–H groups in total. The molecule has 0 amide bonds. The van der Waals surface area contributed by atoms with Crippen molar-refractivity contribution < 1.29 is 9.53 Å². The van der Waals surface area contributed by atoms with E-state index in [0.717, 1.165) is 54.8 Å². The molecular weight excluding hydrogens is 416 g/mol. The zero-order valence-electron chi connectivity index (χ0n) is 21.7. The van der Waals surface area contributed by atoms with Gasteiger partial charge in [-0.25, -0.2) is 0 Å². The number of esters is 1. The molecule has 0 aromatic heterocycles. The molecule has 0 spiro atoms. The Labute approximate surface area is 203 Å². The van der Waals surface area contributed by atoms with Gasteiger partial charge in [0.2, 0.25) is 0 Å². The highest BCUT2D eigenvalue weighted by Gasteiger charge is 2.63. The molecule has 2 nitrogen and oxygen atoms in total. The van der Waals surface area contributed by atoms with Crippen molar-refractivity contribution in [2.45, 2.75) is 124 Å². The van der Waals surface area contributed by atoms with E-state index in [0.29, 0.717) is 11.3 Å². The minimum Gasteiger partial charge on any atom is -0.462 e. The van der Waals surface area contributed by atoms with Crippen LogP contribution in [0.2, 0.25) is 0 Å². The van der Waals surface area contributed by atoms with Crippen LogP contribution >= 0.6 is 11.6 Å². The van der Waals surface area contributed by atoms with Crippen molar-refractivity contribution in [3.63, 3.8) is 0 Å². The van der Waals surface area contributed by atoms with Crippen molar-refractivity contribution in [1.82, 2.24) is 0 Å². The van der Waals surface area contributed by atoms with Gasteiger partial charge in [-0.15, -0.1) is 11.6 Å². The van der Waals surface area contributed by atoms with Gasteiger partial charge in [0.05, 0.1) is 0 Å². The summed E-state index contributed by atoms with van der Waals surface area (Å²) < 4.78 is 6.06. The summed E-state index contributed by atoms with van der Waals surface area (Å²) in [4.78, 5) is 12.1. The van der Waals surface area contributed by atoms with Crippen molar-refractivity contribution in [3.8, 4) is 0 Å². The summed E-state index contributed by atoms with van der Waals surface area (Å²) in [5.41, 5.74) is 0.767. The highest BCUT2D eigenvalue weighted by molar-refractivity contribution is 6.20. The third kappa shape index (κ3) is 4.40. The van der Waals surface area contributed by atoms with Crippen molar-refractivity contribution in [2.75, 3.05) is 0 Å². The lowest BCUT2D eigenvalue weighted by molar-refractivity contribution is -0.184. The van der Waals surface area contributed by atoms with E-state index in [1.807, 2.05) is 0 Å². The second-order valence-electron chi connectivity index (χ2n) is 13.3. The number of rotatable bonds is 6. The summed E-state index contributed by atoms with van der Waals surface area (Å²) >= 11 is 6.66. The normalized spacial score (nSPS) is 46.8. The maximum absolute atomic E-state index is 12.1. The molecule has 0 radical (unpaired) electrons. The summed E-state index contributed by atoms with van der Waals surface area (Å²) in [6, 6.07) is 0. The SMILES string of the molecule is CC(=O)O[C@H]1C[C@@H]2[C@H](CC[C@]3(C)[C@@H]([C@H](C)CCCC(C)C)CC[C@@H]23)[C@@]2(C)CC[C@H](Cl)C[C@H]12. The molecule has 0 heterocycles. The van der Waals surface area contributed by atoms with Gasteiger partial charge < -0.3 is 4.74 Å². The van der Waals surface area contributed by atoms with Crippen LogP contribution in [0.4, 0.5) is 0 Å².